The summed E-state index contributed by atoms with van der Waals surface area (Å²) in [6.07, 6.45) is 0. The van der Waals surface area contributed by atoms with Crippen LogP contribution in [0, 0.1) is 0 Å². The van der Waals surface area contributed by atoms with E-state index in [1.54, 1.807) is 29.2 Å². The van der Waals surface area contributed by atoms with Crippen LogP contribution in [0.4, 0.5) is 5.13 Å². The number of benzene rings is 1. The zero-order chi connectivity index (χ0) is 16.4. The van der Waals surface area contributed by atoms with Crippen molar-refractivity contribution in [2.75, 3.05) is 5.32 Å². The van der Waals surface area contributed by atoms with E-state index in [1.165, 1.54) is 16.2 Å². The number of amides is 1. The number of nitrogens with one attached hydrogen (secondary N) is 1. The Morgan fingerprint density at radius 1 is 1.21 bits per heavy atom. The Kier molecular flexibility index (Phi) is 4.33. The zero-order valence-corrected chi connectivity index (χ0v) is 14.7. The van der Waals surface area contributed by atoms with E-state index < -0.39 is 0 Å². The molecule has 0 spiro atoms. The highest BCUT2D eigenvalue weighted by Gasteiger charge is 2.15. The van der Waals surface area contributed by atoms with Crippen molar-refractivity contribution in [3.63, 3.8) is 0 Å². The average Bonchev–Trinajstić information content (AvgIpc) is 3.33. The van der Waals surface area contributed by atoms with E-state index in [0.717, 1.165) is 15.5 Å². The van der Waals surface area contributed by atoms with Gasteiger partial charge in [-0.25, -0.2) is 0 Å². The van der Waals surface area contributed by atoms with Crippen molar-refractivity contribution in [2.24, 2.45) is 0 Å². The standard InChI is InChI=1S/C16H11N3O2S3/c20-14(13-8-10-4-1-2-6-12(10)21-13)17-15-18-19-16(24-15)23-9-11-5-3-7-22-11/h1-8H,9H2,(H,17,18,20). The fourth-order valence-corrected chi connectivity index (χ4v) is 4.62. The third kappa shape index (κ3) is 3.35. The van der Waals surface area contributed by atoms with Crippen LogP contribution in [-0.4, -0.2) is 16.1 Å². The van der Waals surface area contributed by atoms with Crippen molar-refractivity contribution in [1.29, 1.82) is 0 Å². The lowest BCUT2D eigenvalue weighted by atomic mass is 10.2. The lowest BCUT2D eigenvalue weighted by Crippen LogP contribution is -2.10. The van der Waals surface area contributed by atoms with Gasteiger partial charge in [0.1, 0.15) is 5.58 Å². The molecule has 0 aliphatic rings. The van der Waals surface area contributed by atoms with Gasteiger partial charge in [0.15, 0.2) is 10.1 Å². The molecular weight excluding hydrogens is 362 g/mol. The number of hydrogen-bond donors (Lipinski definition) is 1. The number of carbonyl (C=O) groups excluding carboxylic acids is 1. The predicted molar refractivity (Wildman–Crippen MR) is 98.0 cm³/mol. The molecule has 0 aliphatic heterocycles. The summed E-state index contributed by atoms with van der Waals surface area (Å²) < 4.78 is 6.37. The molecule has 0 saturated heterocycles. The smallest absolute Gasteiger partial charge is 0.293 e. The van der Waals surface area contributed by atoms with E-state index in [2.05, 4.69) is 27.0 Å². The molecular formula is C16H11N3O2S3. The summed E-state index contributed by atoms with van der Waals surface area (Å²) in [4.78, 5) is 13.5. The maximum Gasteiger partial charge on any atom is 0.293 e. The third-order valence-corrected chi connectivity index (χ3v) is 6.27. The predicted octanol–water partition coefficient (Wildman–Crippen LogP) is 4.89. The number of rotatable bonds is 5. The van der Waals surface area contributed by atoms with Crippen molar-refractivity contribution in [3.05, 3.63) is 58.5 Å². The van der Waals surface area contributed by atoms with Gasteiger partial charge in [-0.2, -0.15) is 0 Å². The molecule has 5 nitrogen and oxygen atoms in total. The van der Waals surface area contributed by atoms with Crippen LogP contribution in [0.25, 0.3) is 11.0 Å². The summed E-state index contributed by atoms with van der Waals surface area (Å²) in [5, 5.41) is 14.3. The topological polar surface area (TPSA) is 68.0 Å². The molecule has 1 N–H and O–H groups in total. The molecule has 0 atom stereocenters. The molecule has 1 aromatic carbocycles. The van der Waals surface area contributed by atoms with Gasteiger partial charge in [-0.15, -0.1) is 21.5 Å². The average molecular weight is 373 g/mol. The van der Waals surface area contributed by atoms with Crippen molar-refractivity contribution in [3.8, 4) is 0 Å². The maximum atomic E-state index is 12.3. The van der Waals surface area contributed by atoms with Gasteiger partial charge in [0.2, 0.25) is 5.13 Å². The first-order chi connectivity index (χ1) is 11.8. The Hall–Kier alpha value is -2.16. The van der Waals surface area contributed by atoms with E-state index in [4.69, 9.17) is 4.42 Å². The molecule has 3 heterocycles. The second-order valence-electron chi connectivity index (χ2n) is 4.84. The Morgan fingerprint density at radius 3 is 2.96 bits per heavy atom. The molecule has 8 heteroatoms. The lowest BCUT2D eigenvalue weighted by Gasteiger charge is -1.96. The van der Waals surface area contributed by atoms with E-state index in [-0.39, 0.29) is 11.7 Å². The molecule has 0 fully saturated rings. The van der Waals surface area contributed by atoms with Crippen molar-refractivity contribution < 1.29 is 9.21 Å². The summed E-state index contributed by atoms with van der Waals surface area (Å²) >= 11 is 4.67. The normalized spacial score (nSPS) is 11.0. The molecule has 1 amide bonds. The van der Waals surface area contributed by atoms with Gasteiger partial charge in [-0.3, -0.25) is 10.1 Å². The molecule has 4 aromatic rings. The summed E-state index contributed by atoms with van der Waals surface area (Å²) in [5.74, 6) is 0.792. The van der Waals surface area contributed by atoms with Gasteiger partial charge >= 0.3 is 0 Å². The van der Waals surface area contributed by atoms with Gasteiger partial charge in [0, 0.05) is 16.0 Å². The molecule has 0 radical (unpaired) electrons. The van der Waals surface area contributed by atoms with Crippen molar-refractivity contribution in [2.45, 2.75) is 10.1 Å². The Morgan fingerprint density at radius 2 is 2.12 bits per heavy atom. The highest BCUT2D eigenvalue weighted by Crippen LogP contribution is 2.30. The molecule has 120 valence electrons. The van der Waals surface area contributed by atoms with Crippen LogP contribution in [0.5, 0.6) is 0 Å². The van der Waals surface area contributed by atoms with Crippen molar-refractivity contribution in [1.82, 2.24) is 10.2 Å². The number of nitrogens with zero attached hydrogens (tertiary/aromatic N) is 2. The van der Waals surface area contributed by atoms with Crippen LogP contribution in [-0.2, 0) is 5.75 Å². The third-order valence-electron chi connectivity index (χ3n) is 3.19. The van der Waals surface area contributed by atoms with Crippen LogP contribution < -0.4 is 5.32 Å². The molecule has 24 heavy (non-hydrogen) atoms. The summed E-state index contributed by atoms with van der Waals surface area (Å²) in [6.45, 7) is 0. The summed E-state index contributed by atoms with van der Waals surface area (Å²) in [6, 6.07) is 13.3. The van der Waals surface area contributed by atoms with Crippen LogP contribution in [0.2, 0.25) is 0 Å². The van der Waals surface area contributed by atoms with Gasteiger partial charge < -0.3 is 4.42 Å². The largest absolute Gasteiger partial charge is 0.451 e. The minimum absolute atomic E-state index is 0.263. The van der Waals surface area contributed by atoms with Crippen LogP contribution >= 0.6 is 34.4 Å². The number of carbonyl (C=O) groups is 1. The minimum atomic E-state index is -0.322. The van der Waals surface area contributed by atoms with Gasteiger partial charge in [0.25, 0.3) is 5.91 Å². The zero-order valence-electron chi connectivity index (χ0n) is 12.3. The number of anilines is 1. The van der Waals surface area contributed by atoms with Gasteiger partial charge in [-0.05, 0) is 23.6 Å². The Bertz CT molecular complexity index is 942. The maximum absolute atomic E-state index is 12.3. The SMILES string of the molecule is O=C(Nc1nnc(SCc2cccs2)s1)c1cc2ccccc2o1. The van der Waals surface area contributed by atoms with Gasteiger partial charge in [-0.1, -0.05) is 47.4 Å². The van der Waals surface area contributed by atoms with Crippen LogP contribution in [0.3, 0.4) is 0 Å². The van der Waals surface area contributed by atoms with E-state index >= 15 is 0 Å². The van der Waals surface area contributed by atoms with Crippen LogP contribution in [0.1, 0.15) is 15.4 Å². The molecule has 0 bridgehead atoms. The lowest BCUT2D eigenvalue weighted by molar-refractivity contribution is 0.0998. The highest BCUT2D eigenvalue weighted by molar-refractivity contribution is 8.00. The quantitative estimate of drug-likeness (QED) is 0.398. The Balaban J connectivity index is 1.42. The van der Waals surface area contributed by atoms with Gasteiger partial charge in [0.05, 0.1) is 0 Å². The molecule has 4 rings (SSSR count). The monoisotopic (exact) mass is 373 g/mol. The first-order valence-corrected chi connectivity index (χ1v) is 9.75. The molecule has 3 aromatic heterocycles. The summed E-state index contributed by atoms with van der Waals surface area (Å²) in [7, 11) is 0. The number of furan rings is 1. The number of thiophene rings is 1. The molecule has 0 aliphatic carbocycles. The first kappa shape index (κ1) is 15.4. The van der Waals surface area contributed by atoms with Crippen LogP contribution in [0.15, 0.2) is 56.6 Å². The van der Waals surface area contributed by atoms with Crippen molar-refractivity contribution >= 4 is 56.4 Å². The Labute approximate surface area is 149 Å². The fourth-order valence-electron chi connectivity index (χ4n) is 2.10. The first-order valence-electron chi connectivity index (χ1n) is 7.06. The minimum Gasteiger partial charge on any atom is -0.451 e. The second-order valence-corrected chi connectivity index (χ2v) is 8.08. The van der Waals surface area contributed by atoms with E-state index in [1.807, 2.05) is 30.3 Å². The van der Waals surface area contributed by atoms with E-state index in [0.29, 0.717) is 10.7 Å². The number of thioether (sulfide) groups is 1. The highest BCUT2D eigenvalue weighted by atomic mass is 32.2. The number of hydrogen-bond acceptors (Lipinski definition) is 7. The second kappa shape index (κ2) is 6.76. The summed E-state index contributed by atoms with van der Waals surface area (Å²) in [5.41, 5.74) is 0.687. The molecule has 0 saturated carbocycles. The molecule has 0 unspecified atom stereocenters. The fraction of sp³-hybridized carbons (Fsp3) is 0.0625. The number of para-hydroxylation sites is 1. The van der Waals surface area contributed by atoms with E-state index in [9.17, 15) is 4.79 Å². The number of fused-ring (bicyclic) bond motifs is 1. The number of aromatic nitrogens is 2.